The van der Waals surface area contributed by atoms with Crippen LogP contribution in [0.25, 0.3) is 0 Å². The van der Waals surface area contributed by atoms with Crippen molar-refractivity contribution in [3.8, 4) is 11.6 Å². The van der Waals surface area contributed by atoms with E-state index in [1.54, 1.807) is 24.1 Å². The van der Waals surface area contributed by atoms with Gasteiger partial charge < -0.3 is 14.6 Å². The number of nitrogens with zero attached hydrogens (tertiary/aromatic N) is 5. The third-order valence-corrected chi connectivity index (χ3v) is 5.05. The minimum absolute atomic E-state index is 0.304. The van der Waals surface area contributed by atoms with Crippen molar-refractivity contribution in [1.82, 2.24) is 24.6 Å². The highest BCUT2D eigenvalue weighted by Crippen LogP contribution is 2.43. The molecule has 1 unspecified atom stereocenters. The molecule has 2 aliphatic heterocycles. The number of ether oxygens (including phenoxy) is 2. The van der Waals surface area contributed by atoms with E-state index in [1.165, 1.54) is 0 Å². The number of methoxy groups -OCH3 is 1. The summed E-state index contributed by atoms with van der Waals surface area (Å²) >= 11 is 0. The molecule has 8 heteroatoms. The maximum atomic E-state index is 10.4. The van der Waals surface area contributed by atoms with E-state index in [1.807, 2.05) is 13.2 Å². The lowest BCUT2D eigenvalue weighted by Crippen LogP contribution is -2.50. The van der Waals surface area contributed by atoms with Crippen LogP contribution in [-0.4, -0.2) is 55.6 Å². The number of fused-ring (bicyclic) bond motifs is 1. The van der Waals surface area contributed by atoms with Crippen molar-refractivity contribution in [2.24, 2.45) is 7.05 Å². The number of rotatable bonds is 3. The molecule has 0 aromatic carbocycles. The summed E-state index contributed by atoms with van der Waals surface area (Å²) in [5.41, 5.74) is 0.349. The number of hydrogen-bond acceptors (Lipinski definition) is 7. The van der Waals surface area contributed by atoms with Gasteiger partial charge in [-0.2, -0.15) is 10.1 Å². The molecule has 0 bridgehead atoms. The standard InChI is InChI=1S/C17H23N5O3/c1-21-10-13-16(20-21)12(23)9-17(25-13)4-7-22(8-5-17)11-14-18-6-3-15(19-14)24-2/h3,6,10,12,23H,4-5,7-9,11H2,1-2H3. The van der Waals surface area contributed by atoms with Gasteiger partial charge in [-0.1, -0.05) is 0 Å². The number of piperidine rings is 1. The average Bonchev–Trinajstić information content (AvgIpc) is 2.98. The SMILES string of the molecule is COc1ccnc(CN2CCC3(CC2)CC(O)c2nn(C)cc2O3)n1. The molecule has 1 saturated heterocycles. The lowest BCUT2D eigenvalue weighted by Gasteiger charge is -2.44. The van der Waals surface area contributed by atoms with Gasteiger partial charge in [0.1, 0.15) is 23.2 Å². The first kappa shape index (κ1) is 16.3. The van der Waals surface area contributed by atoms with Gasteiger partial charge in [-0.15, -0.1) is 0 Å². The van der Waals surface area contributed by atoms with Crippen molar-refractivity contribution in [2.45, 2.75) is 37.5 Å². The predicted octanol–water partition coefficient (Wildman–Crippen LogP) is 1.07. The lowest BCUT2D eigenvalue weighted by molar-refractivity contribution is -0.0562. The summed E-state index contributed by atoms with van der Waals surface area (Å²) in [6.07, 6.45) is 5.33. The van der Waals surface area contributed by atoms with Gasteiger partial charge >= 0.3 is 0 Å². The van der Waals surface area contributed by atoms with Gasteiger partial charge in [0.2, 0.25) is 5.88 Å². The van der Waals surface area contributed by atoms with Gasteiger partial charge in [0.05, 0.1) is 19.9 Å². The van der Waals surface area contributed by atoms with Crippen molar-refractivity contribution in [3.05, 3.63) is 30.0 Å². The number of likely N-dealkylation sites (tertiary alicyclic amines) is 1. The van der Waals surface area contributed by atoms with E-state index < -0.39 is 6.10 Å². The molecule has 8 nitrogen and oxygen atoms in total. The third-order valence-electron chi connectivity index (χ3n) is 5.05. The summed E-state index contributed by atoms with van der Waals surface area (Å²) in [5.74, 6) is 2.06. The highest BCUT2D eigenvalue weighted by molar-refractivity contribution is 5.31. The van der Waals surface area contributed by atoms with E-state index in [0.29, 0.717) is 30.3 Å². The van der Waals surface area contributed by atoms with E-state index in [-0.39, 0.29) is 5.60 Å². The number of aryl methyl sites for hydroxylation is 1. The van der Waals surface area contributed by atoms with Crippen LogP contribution in [0.5, 0.6) is 11.6 Å². The first-order valence-electron chi connectivity index (χ1n) is 8.56. The largest absolute Gasteiger partial charge is 0.483 e. The number of aliphatic hydroxyl groups is 1. The highest BCUT2D eigenvalue weighted by Gasteiger charge is 2.44. The van der Waals surface area contributed by atoms with Crippen LogP contribution in [0.15, 0.2) is 18.5 Å². The molecular weight excluding hydrogens is 322 g/mol. The van der Waals surface area contributed by atoms with E-state index in [9.17, 15) is 5.11 Å². The van der Waals surface area contributed by atoms with E-state index in [0.717, 1.165) is 31.8 Å². The fourth-order valence-electron chi connectivity index (χ4n) is 3.71. The van der Waals surface area contributed by atoms with Crippen LogP contribution < -0.4 is 9.47 Å². The van der Waals surface area contributed by atoms with Crippen molar-refractivity contribution < 1.29 is 14.6 Å². The number of aromatic nitrogens is 4. The first-order chi connectivity index (χ1) is 12.1. The molecule has 1 atom stereocenters. The maximum Gasteiger partial charge on any atom is 0.216 e. The monoisotopic (exact) mass is 345 g/mol. The van der Waals surface area contributed by atoms with Crippen LogP contribution in [0.1, 0.15) is 36.9 Å². The van der Waals surface area contributed by atoms with Crippen LogP contribution in [0.3, 0.4) is 0 Å². The Morgan fingerprint density at radius 2 is 2.20 bits per heavy atom. The summed E-state index contributed by atoms with van der Waals surface area (Å²) in [6, 6.07) is 1.75. The number of hydrogen-bond donors (Lipinski definition) is 1. The quantitative estimate of drug-likeness (QED) is 0.890. The molecule has 0 aliphatic carbocycles. The van der Waals surface area contributed by atoms with Crippen LogP contribution in [0.4, 0.5) is 0 Å². The second-order valence-corrected chi connectivity index (χ2v) is 6.85. The second kappa shape index (κ2) is 6.27. The van der Waals surface area contributed by atoms with Crippen LogP contribution in [0, 0.1) is 0 Å². The fourth-order valence-corrected chi connectivity index (χ4v) is 3.71. The molecule has 0 radical (unpaired) electrons. The summed E-state index contributed by atoms with van der Waals surface area (Å²) in [5, 5.41) is 14.7. The molecule has 2 aromatic heterocycles. The average molecular weight is 345 g/mol. The lowest BCUT2D eigenvalue weighted by atomic mass is 9.83. The van der Waals surface area contributed by atoms with Crippen molar-refractivity contribution in [3.63, 3.8) is 0 Å². The van der Waals surface area contributed by atoms with Crippen LogP contribution in [0.2, 0.25) is 0 Å². The van der Waals surface area contributed by atoms with Crippen molar-refractivity contribution >= 4 is 0 Å². The molecule has 0 amide bonds. The second-order valence-electron chi connectivity index (χ2n) is 6.85. The molecule has 1 spiro atoms. The Kier molecular flexibility index (Phi) is 4.09. The molecule has 2 aliphatic rings. The topological polar surface area (TPSA) is 85.5 Å². The molecule has 25 heavy (non-hydrogen) atoms. The zero-order valence-electron chi connectivity index (χ0n) is 14.6. The Morgan fingerprint density at radius 1 is 1.40 bits per heavy atom. The zero-order chi connectivity index (χ0) is 17.4. The van der Waals surface area contributed by atoms with Crippen LogP contribution in [-0.2, 0) is 13.6 Å². The Morgan fingerprint density at radius 3 is 2.96 bits per heavy atom. The molecule has 1 fully saturated rings. The van der Waals surface area contributed by atoms with Gasteiger partial charge in [0.15, 0.2) is 5.75 Å². The predicted molar refractivity (Wildman–Crippen MR) is 89.2 cm³/mol. The first-order valence-corrected chi connectivity index (χ1v) is 8.56. The Bertz CT molecular complexity index is 754. The molecule has 2 aromatic rings. The summed E-state index contributed by atoms with van der Waals surface area (Å²) in [7, 11) is 3.45. The Hall–Kier alpha value is -2.19. The van der Waals surface area contributed by atoms with Crippen LogP contribution >= 0.6 is 0 Å². The summed E-state index contributed by atoms with van der Waals surface area (Å²) < 4.78 is 13.1. The fraction of sp³-hybridized carbons (Fsp3) is 0.588. The van der Waals surface area contributed by atoms with Crippen molar-refractivity contribution in [1.29, 1.82) is 0 Å². The minimum atomic E-state index is -0.557. The van der Waals surface area contributed by atoms with E-state index in [2.05, 4.69) is 20.0 Å². The third kappa shape index (κ3) is 3.19. The summed E-state index contributed by atoms with van der Waals surface area (Å²) in [4.78, 5) is 11.0. The van der Waals surface area contributed by atoms with Gasteiger partial charge in [-0.3, -0.25) is 9.58 Å². The molecular formula is C17H23N5O3. The Labute approximate surface area is 146 Å². The molecule has 0 saturated carbocycles. The Balaban J connectivity index is 1.41. The molecule has 1 N–H and O–H groups in total. The van der Waals surface area contributed by atoms with E-state index >= 15 is 0 Å². The molecule has 4 heterocycles. The maximum absolute atomic E-state index is 10.4. The molecule has 134 valence electrons. The van der Waals surface area contributed by atoms with Crippen molar-refractivity contribution in [2.75, 3.05) is 20.2 Å². The van der Waals surface area contributed by atoms with E-state index in [4.69, 9.17) is 9.47 Å². The summed E-state index contributed by atoms with van der Waals surface area (Å²) in [6.45, 7) is 2.44. The zero-order valence-corrected chi connectivity index (χ0v) is 14.6. The minimum Gasteiger partial charge on any atom is -0.483 e. The normalized spacial score (nSPS) is 22.4. The van der Waals surface area contributed by atoms with Gasteiger partial charge in [-0.25, -0.2) is 4.98 Å². The van der Waals surface area contributed by atoms with Gasteiger partial charge in [-0.05, 0) is 12.8 Å². The molecule has 4 rings (SSSR count). The van der Waals surface area contributed by atoms with Gasteiger partial charge in [0, 0.05) is 38.8 Å². The van der Waals surface area contributed by atoms with Gasteiger partial charge in [0.25, 0.3) is 0 Å². The smallest absolute Gasteiger partial charge is 0.216 e. The highest BCUT2D eigenvalue weighted by atomic mass is 16.5. The number of aliphatic hydroxyl groups excluding tert-OH is 1.